The second-order valence-corrected chi connectivity index (χ2v) is 9.26. The summed E-state index contributed by atoms with van der Waals surface area (Å²) in [7, 11) is -3.74. The number of benzene rings is 2. The van der Waals surface area contributed by atoms with Gasteiger partial charge in [0.25, 0.3) is 0 Å². The van der Waals surface area contributed by atoms with Crippen LogP contribution < -0.4 is 5.32 Å². The molecule has 0 aliphatic carbocycles. The van der Waals surface area contributed by atoms with Gasteiger partial charge in [0.05, 0.1) is 0 Å². The van der Waals surface area contributed by atoms with Gasteiger partial charge in [-0.25, -0.2) is 13.0 Å². The number of carbonyl (C=O) groups excluding carboxylic acids is 1. The summed E-state index contributed by atoms with van der Waals surface area (Å²) in [4.78, 5) is 12.7. The first-order valence-electron chi connectivity index (χ1n) is 9.46. The van der Waals surface area contributed by atoms with Crippen LogP contribution in [0.15, 0.2) is 45.9 Å². The molecule has 1 fully saturated rings. The lowest BCUT2D eigenvalue weighted by Gasteiger charge is -2.30. The predicted octanol–water partition coefficient (Wildman–Crippen LogP) is 2.88. The van der Waals surface area contributed by atoms with Gasteiger partial charge < -0.3 is 5.32 Å². The smallest absolute Gasteiger partial charge is 0.245 e. The van der Waals surface area contributed by atoms with Crippen LogP contribution in [0, 0.1) is 19.8 Å². The van der Waals surface area contributed by atoms with E-state index in [2.05, 4.69) is 20.3 Å². The first-order valence-corrected chi connectivity index (χ1v) is 10.9. The summed E-state index contributed by atoms with van der Waals surface area (Å²) < 4.78 is 32.2. The molecule has 0 radical (unpaired) electrons. The number of rotatable bonds is 4. The summed E-state index contributed by atoms with van der Waals surface area (Å²) in [6.07, 6.45) is 0.923. The van der Waals surface area contributed by atoms with Crippen molar-refractivity contribution in [2.75, 3.05) is 18.4 Å². The van der Waals surface area contributed by atoms with E-state index in [1.54, 1.807) is 12.1 Å². The van der Waals surface area contributed by atoms with Gasteiger partial charge in [0.1, 0.15) is 10.4 Å². The van der Waals surface area contributed by atoms with Crippen molar-refractivity contribution in [1.29, 1.82) is 0 Å². The summed E-state index contributed by atoms with van der Waals surface area (Å²) in [6, 6.07) is 10.6. The highest BCUT2D eigenvalue weighted by molar-refractivity contribution is 7.89. The van der Waals surface area contributed by atoms with E-state index in [0.29, 0.717) is 18.4 Å². The highest BCUT2D eigenvalue weighted by atomic mass is 32.2. The Bertz CT molecular complexity index is 1160. The molecule has 0 unspecified atom stereocenters. The van der Waals surface area contributed by atoms with Crippen LogP contribution in [0.5, 0.6) is 0 Å². The van der Waals surface area contributed by atoms with Crippen molar-refractivity contribution in [2.45, 2.75) is 31.6 Å². The first kappa shape index (κ1) is 19.5. The highest BCUT2D eigenvalue weighted by Crippen LogP contribution is 2.28. The quantitative estimate of drug-likeness (QED) is 0.704. The minimum absolute atomic E-state index is 0.0758. The number of hydrogen-bond acceptors (Lipinski definition) is 6. The normalized spacial score (nSPS) is 16.2. The number of fused-ring (bicyclic) bond motifs is 1. The fraction of sp³-hybridized carbons (Fsp3) is 0.350. The van der Waals surface area contributed by atoms with Gasteiger partial charge in [-0.2, -0.15) is 4.31 Å². The van der Waals surface area contributed by atoms with E-state index in [-0.39, 0.29) is 35.3 Å². The van der Waals surface area contributed by atoms with Crippen LogP contribution in [0.1, 0.15) is 24.0 Å². The molecule has 1 aromatic heterocycles. The number of nitrogens with zero attached hydrogens (tertiary/aromatic N) is 3. The van der Waals surface area contributed by atoms with Crippen LogP contribution in [-0.2, 0) is 14.8 Å². The second kappa shape index (κ2) is 7.57. The number of nitrogens with one attached hydrogen (secondary N) is 1. The zero-order chi connectivity index (χ0) is 20.6. The minimum Gasteiger partial charge on any atom is -0.326 e. The lowest BCUT2D eigenvalue weighted by Crippen LogP contribution is -2.41. The average Bonchev–Trinajstić information content (AvgIpc) is 3.19. The van der Waals surface area contributed by atoms with Crippen LogP contribution in [0.25, 0.3) is 11.0 Å². The Balaban J connectivity index is 1.44. The van der Waals surface area contributed by atoms with Gasteiger partial charge in [0, 0.05) is 24.7 Å². The Morgan fingerprint density at radius 3 is 2.59 bits per heavy atom. The van der Waals surface area contributed by atoms with Crippen LogP contribution in [0.3, 0.4) is 0 Å². The molecule has 1 aliphatic heterocycles. The number of carbonyl (C=O) groups is 1. The van der Waals surface area contributed by atoms with Crippen LogP contribution in [0.2, 0.25) is 0 Å². The number of aromatic nitrogens is 2. The maximum atomic E-state index is 13.1. The Labute approximate surface area is 168 Å². The molecule has 0 bridgehead atoms. The maximum absolute atomic E-state index is 13.1. The van der Waals surface area contributed by atoms with E-state index < -0.39 is 10.0 Å². The molecule has 0 atom stereocenters. The maximum Gasteiger partial charge on any atom is 0.245 e. The molecule has 1 N–H and O–H groups in total. The second-order valence-electron chi connectivity index (χ2n) is 7.35. The number of amides is 1. The molecule has 3 aromatic rings. The van der Waals surface area contributed by atoms with E-state index >= 15 is 0 Å². The van der Waals surface area contributed by atoms with Gasteiger partial charge in [0.15, 0.2) is 5.52 Å². The topological polar surface area (TPSA) is 105 Å². The summed E-state index contributed by atoms with van der Waals surface area (Å²) in [5, 5.41) is 10.4. The summed E-state index contributed by atoms with van der Waals surface area (Å²) in [5.41, 5.74) is 3.66. The summed E-state index contributed by atoms with van der Waals surface area (Å²) in [6.45, 7) is 4.57. The minimum atomic E-state index is -3.74. The number of anilines is 1. The Morgan fingerprint density at radius 2 is 1.86 bits per heavy atom. The third kappa shape index (κ3) is 3.75. The zero-order valence-corrected chi connectivity index (χ0v) is 17.1. The third-order valence-corrected chi connectivity index (χ3v) is 7.40. The van der Waals surface area contributed by atoms with Gasteiger partial charge in [0.2, 0.25) is 15.9 Å². The standard InChI is InChI=1S/C20H22N4O4S/c1-13-6-7-16(12-14(13)2)21-20(25)15-8-10-24(11-9-15)29(26,27)18-5-3-4-17-19(18)23-28-22-17/h3-7,12,15H,8-11H2,1-2H3,(H,21,25). The Kier molecular flexibility index (Phi) is 5.10. The Morgan fingerprint density at radius 1 is 1.10 bits per heavy atom. The number of aryl methyl sites for hydroxylation is 2. The number of piperidine rings is 1. The van der Waals surface area contributed by atoms with Gasteiger partial charge >= 0.3 is 0 Å². The monoisotopic (exact) mass is 414 g/mol. The molecule has 8 nitrogen and oxygen atoms in total. The fourth-order valence-corrected chi connectivity index (χ4v) is 5.16. The largest absolute Gasteiger partial charge is 0.326 e. The number of hydrogen-bond donors (Lipinski definition) is 1. The number of sulfonamides is 1. The summed E-state index contributed by atoms with van der Waals surface area (Å²) >= 11 is 0. The molecule has 152 valence electrons. The van der Waals surface area contributed by atoms with Crippen molar-refractivity contribution in [2.24, 2.45) is 5.92 Å². The van der Waals surface area contributed by atoms with E-state index in [0.717, 1.165) is 11.3 Å². The van der Waals surface area contributed by atoms with Crippen molar-refractivity contribution in [3.8, 4) is 0 Å². The molecule has 29 heavy (non-hydrogen) atoms. The molecule has 0 saturated carbocycles. The molecule has 4 rings (SSSR count). The van der Waals surface area contributed by atoms with Crippen molar-refractivity contribution in [3.63, 3.8) is 0 Å². The van der Waals surface area contributed by atoms with Crippen molar-refractivity contribution in [1.82, 2.24) is 14.6 Å². The van der Waals surface area contributed by atoms with Crippen molar-refractivity contribution >= 4 is 32.7 Å². The van der Waals surface area contributed by atoms with Crippen molar-refractivity contribution in [3.05, 3.63) is 47.5 Å². The fourth-order valence-electron chi connectivity index (χ4n) is 3.55. The van der Waals surface area contributed by atoms with Gasteiger partial charge in [-0.3, -0.25) is 4.79 Å². The van der Waals surface area contributed by atoms with Gasteiger partial charge in [-0.15, -0.1) is 0 Å². The SMILES string of the molecule is Cc1ccc(NC(=O)C2CCN(S(=O)(=O)c3cccc4nonc34)CC2)cc1C. The highest BCUT2D eigenvalue weighted by Gasteiger charge is 2.33. The lowest BCUT2D eigenvalue weighted by atomic mass is 9.97. The summed E-state index contributed by atoms with van der Waals surface area (Å²) in [5.74, 6) is -0.305. The van der Waals surface area contributed by atoms with E-state index in [1.807, 2.05) is 32.0 Å². The Hall–Kier alpha value is -2.78. The zero-order valence-electron chi connectivity index (χ0n) is 16.3. The molecule has 2 heterocycles. The van der Waals surface area contributed by atoms with Crippen LogP contribution in [0.4, 0.5) is 5.69 Å². The first-order chi connectivity index (χ1) is 13.9. The molecule has 2 aromatic carbocycles. The molecule has 1 amide bonds. The predicted molar refractivity (Wildman–Crippen MR) is 108 cm³/mol. The molecular formula is C20H22N4O4S. The molecule has 9 heteroatoms. The molecule has 1 saturated heterocycles. The van der Waals surface area contributed by atoms with Gasteiger partial charge in [-0.05, 0) is 72.4 Å². The van der Waals surface area contributed by atoms with Crippen molar-refractivity contribution < 1.29 is 17.8 Å². The molecule has 0 spiro atoms. The lowest BCUT2D eigenvalue weighted by molar-refractivity contribution is -0.120. The van der Waals surface area contributed by atoms with Crippen LogP contribution >= 0.6 is 0 Å². The molecule has 1 aliphatic rings. The molecular weight excluding hydrogens is 392 g/mol. The van der Waals surface area contributed by atoms with E-state index in [9.17, 15) is 13.2 Å². The average molecular weight is 414 g/mol. The van der Waals surface area contributed by atoms with E-state index in [4.69, 9.17) is 0 Å². The van der Waals surface area contributed by atoms with Gasteiger partial charge in [-0.1, -0.05) is 12.1 Å². The third-order valence-electron chi connectivity index (χ3n) is 5.47. The van der Waals surface area contributed by atoms with E-state index in [1.165, 1.54) is 15.9 Å². The van der Waals surface area contributed by atoms with Crippen LogP contribution in [-0.4, -0.2) is 42.0 Å².